The number of thiol groups is 1. The predicted octanol–water partition coefficient (Wildman–Crippen LogP) is 0.854. The molecule has 0 spiro atoms. The van der Waals surface area contributed by atoms with Crippen molar-refractivity contribution in [2.75, 3.05) is 52.4 Å². The highest BCUT2D eigenvalue weighted by molar-refractivity contribution is 8.68. The van der Waals surface area contributed by atoms with Crippen molar-refractivity contribution in [1.82, 2.24) is 21.3 Å². The Morgan fingerprint density at radius 2 is 1.09 bits per heavy atom. The molecule has 0 saturated heterocycles. The van der Waals surface area contributed by atoms with Gasteiger partial charge in [0.05, 0.1) is 5.24 Å². The maximum atomic E-state index is 6.28. The SMILES string of the molecule is Cc1ccc(P(=S)(S)c2ccc(C)cc2CNCCNCCN)c(CNCCNCCN)c1. The Kier molecular flexibility index (Phi) is 13.1. The molecule has 6 nitrogen and oxygen atoms in total. The lowest BCUT2D eigenvalue weighted by Crippen LogP contribution is -2.32. The Hall–Kier alpha value is -0.800. The molecule has 0 aliphatic heterocycles. The fourth-order valence-electron chi connectivity index (χ4n) is 3.69. The molecule has 0 unspecified atom stereocenters. The molecule has 0 aliphatic rings. The van der Waals surface area contributed by atoms with Gasteiger partial charge in [0.25, 0.3) is 0 Å². The van der Waals surface area contributed by atoms with Crippen molar-refractivity contribution in [1.29, 1.82) is 0 Å². The van der Waals surface area contributed by atoms with Gasteiger partial charge in [0, 0.05) is 76.1 Å². The van der Waals surface area contributed by atoms with E-state index in [1.165, 1.54) is 32.9 Å². The van der Waals surface area contributed by atoms with E-state index in [1.807, 2.05) is 0 Å². The Balaban J connectivity index is 2.18. The van der Waals surface area contributed by atoms with E-state index >= 15 is 0 Å². The average molecular weight is 509 g/mol. The molecule has 9 heteroatoms. The molecule has 0 saturated carbocycles. The second-order valence-electron chi connectivity index (χ2n) is 8.27. The molecule has 184 valence electrons. The van der Waals surface area contributed by atoms with E-state index in [-0.39, 0.29) is 0 Å². The van der Waals surface area contributed by atoms with Crippen LogP contribution in [-0.2, 0) is 24.9 Å². The van der Waals surface area contributed by atoms with Crippen molar-refractivity contribution in [2.24, 2.45) is 11.5 Å². The van der Waals surface area contributed by atoms with Gasteiger partial charge in [-0.05, 0) is 25.0 Å². The van der Waals surface area contributed by atoms with E-state index in [0.717, 1.165) is 52.4 Å². The first-order chi connectivity index (χ1) is 15.9. The lowest BCUT2D eigenvalue weighted by molar-refractivity contribution is 0.615. The van der Waals surface area contributed by atoms with Gasteiger partial charge in [-0.1, -0.05) is 59.3 Å². The summed E-state index contributed by atoms with van der Waals surface area (Å²) in [6.07, 6.45) is 0. The minimum Gasteiger partial charge on any atom is -0.329 e. The van der Waals surface area contributed by atoms with Crippen LogP contribution in [0.1, 0.15) is 22.3 Å². The zero-order chi connectivity index (χ0) is 24.1. The second-order valence-corrected chi connectivity index (χ2v) is 14.6. The standard InChI is InChI=1S/C24H41N6PS2/c1-19-3-5-23(21(15-19)17-29-13-11-27-9-7-25)31(32,33)24-6-4-20(2)16-22(24)18-30-14-12-28-10-8-26/h3-6,15-16,27-30H,7-14,17-18,25-26H2,1-2H3,(H,32,33). The Morgan fingerprint density at radius 1 is 0.697 bits per heavy atom. The topological polar surface area (TPSA) is 100 Å². The molecule has 0 radical (unpaired) electrons. The molecule has 0 bridgehead atoms. The van der Waals surface area contributed by atoms with Gasteiger partial charge in [-0.25, -0.2) is 0 Å². The van der Waals surface area contributed by atoms with E-state index in [0.29, 0.717) is 13.1 Å². The molecule has 0 aliphatic carbocycles. The summed E-state index contributed by atoms with van der Waals surface area (Å²) in [4.78, 5) is 0. The number of hydrogen-bond donors (Lipinski definition) is 7. The average Bonchev–Trinajstić information content (AvgIpc) is 2.78. The first-order valence-corrected chi connectivity index (χ1v) is 15.6. The molecule has 2 aromatic carbocycles. The maximum absolute atomic E-state index is 6.28. The zero-order valence-corrected chi connectivity index (χ0v) is 22.6. The fourth-order valence-corrected chi connectivity index (χ4v) is 7.80. The molecular formula is C24H41N6PS2. The van der Waals surface area contributed by atoms with Crippen LogP contribution in [0.15, 0.2) is 36.4 Å². The van der Waals surface area contributed by atoms with Crippen LogP contribution in [0.5, 0.6) is 0 Å². The Bertz CT molecular complexity index is 839. The fraction of sp³-hybridized carbons (Fsp3) is 0.500. The zero-order valence-electron chi connectivity index (χ0n) is 20.0. The molecule has 2 aromatic rings. The van der Waals surface area contributed by atoms with Gasteiger partial charge in [0.15, 0.2) is 0 Å². The van der Waals surface area contributed by atoms with Gasteiger partial charge < -0.3 is 32.7 Å². The third-order valence-electron chi connectivity index (χ3n) is 5.35. The van der Waals surface area contributed by atoms with Crippen LogP contribution in [-0.4, -0.2) is 52.4 Å². The lowest BCUT2D eigenvalue weighted by atomic mass is 10.1. The molecule has 2 rings (SSSR count). The molecule has 0 heterocycles. The highest BCUT2D eigenvalue weighted by Gasteiger charge is 2.24. The van der Waals surface area contributed by atoms with Crippen LogP contribution in [0, 0.1) is 13.8 Å². The van der Waals surface area contributed by atoms with Crippen molar-refractivity contribution in [2.45, 2.75) is 26.9 Å². The van der Waals surface area contributed by atoms with E-state index in [1.54, 1.807) is 0 Å². The smallest absolute Gasteiger partial charge is 0.0590 e. The van der Waals surface area contributed by atoms with E-state index in [4.69, 9.17) is 35.5 Å². The highest BCUT2D eigenvalue weighted by atomic mass is 32.9. The molecule has 0 amide bonds. The number of rotatable bonds is 16. The molecule has 0 aromatic heterocycles. The normalized spacial score (nSPS) is 11.8. The van der Waals surface area contributed by atoms with Crippen molar-refractivity contribution in [3.63, 3.8) is 0 Å². The van der Waals surface area contributed by atoms with Gasteiger partial charge in [0.2, 0.25) is 0 Å². The monoisotopic (exact) mass is 508 g/mol. The molecular weight excluding hydrogens is 467 g/mol. The summed E-state index contributed by atoms with van der Waals surface area (Å²) in [5, 5.41) is 13.8. The summed E-state index contributed by atoms with van der Waals surface area (Å²) < 4.78 is 0. The van der Waals surface area contributed by atoms with E-state index in [2.05, 4.69) is 71.5 Å². The minimum absolute atomic E-state index is 0.655. The third-order valence-corrected chi connectivity index (χ3v) is 10.0. The van der Waals surface area contributed by atoms with E-state index in [9.17, 15) is 0 Å². The van der Waals surface area contributed by atoms with Crippen molar-refractivity contribution in [3.8, 4) is 0 Å². The number of nitrogens with two attached hydrogens (primary N) is 2. The number of hydrogen-bond acceptors (Lipinski definition) is 7. The highest BCUT2D eigenvalue weighted by Crippen LogP contribution is 2.50. The van der Waals surface area contributed by atoms with Crippen LogP contribution in [0.3, 0.4) is 0 Å². The molecule has 0 fully saturated rings. The summed E-state index contributed by atoms with van der Waals surface area (Å²) >= 11 is 11.5. The number of nitrogens with one attached hydrogen (secondary N) is 4. The van der Waals surface area contributed by atoms with E-state index < -0.39 is 5.24 Å². The number of benzene rings is 2. The van der Waals surface area contributed by atoms with Gasteiger partial charge in [-0.15, -0.1) is 12.2 Å². The Morgan fingerprint density at radius 3 is 1.48 bits per heavy atom. The quantitative estimate of drug-likeness (QED) is 0.103. The summed E-state index contributed by atoms with van der Waals surface area (Å²) in [6, 6.07) is 13.1. The van der Waals surface area contributed by atoms with Crippen LogP contribution >= 0.6 is 17.5 Å². The summed E-state index contributed by atoms with van der Waals surface area (Å²) in [6.45, 7) is 12.3. The van der Waals surface area contributed by atoms with Crippen LogP contribution in [0.25, 0.3) is 0 Å². The number of aryl methyl sites for hydroxylation is 2. The second kappa shape index (κ2) is 15.2. The maximum Gasteiger partial charge on any atom is 0.0590 e. The van der Waals surface area contributed by atoms with Crippen LogP contribution in [0.4, 0.5) is 0 Å². The predicted molar refractivity (Wildman–Crippen MR) is 152 cm³/mol. The first kappa shape index (κ1) is 28.4. The summed E-state index contributed by atoms with van der Waals surface area (Å²) in [5.74, 6) is 0. The first-order valence-electron chi connectivity index (χ1n) is 11.7. The van der Waals surface area contributed by atoms with Gasteiger partial charge in [0.1, 0.15) is 0 Å². The van der Waals surface area contributed by atoms with Crippen molar-refractivity contribution < 1.29 is 0 Å². The van der Waals surface area contributed by atoms with Crippen LogP contribution in [0.2, 0.25) is 0 Å². The molecule has 8 N–H and O–H groups in total. The minimum atomic E-state index is -2.26. The Labute approximate surface area is 210 Å². The van der Waals surface area contributed by atoms with Crippen LogP contribution < -0.4 is 43.3 Å². The summed E-state index contributed by atoms with van der Waals surface area (Å²) in [7, 11) is 0. The summed E-state index contributed by atoms with van der Waals surface area (Å²) in [5.41, 5.74) is 16.0. The third kappa shape index (κ3) is 9.40. The molecule has 33 heavy (non-hydrogen) atoms. The molecule has 0 atom stereocenters. The largest absolute Gasteiger partial charge is 0.329 e. The van der Waals surface area contributed by atoms with Gasteiger partial charge >= 0.3 is 0 Å². The van der Waals surface area contributed by atoms with Gasteiger partial charge in [-0.2, -0.15) is 0 Å². The lowest BCUT2D eigenvalue weighted by Gasteiger charge is -2.24. The van der Waals surface area contributed by atoms with Crippen molar-refractivity contribution in [3.05, 3.63) is 58.7 Å². The van der Waals surface area contributed by atoms with Crippen molar-refractivity contribution >= 4 is 39.9 Å². The van der Waals surface area contributed by atoms with Gasteiger partial charge in [-0.3, -0.25) is 0 Å².